The Balaban J connectivity index is 2.30. The van der Waals surface area contributed by atoms with Gasteiger partial charge in [0.2, 0.25) is 0 Å². The van der Waals surface area contributed by atoms with E-state index in [1.165, 1.54) is 6.07 Å². The van der Waals surface area contributed by atoms with E-state index in [9.17, 15) is 4.39 Å². The van der Waals surface area contributed by atoms with Crippen LogP contribution in [-0.4, -0.2) is 6.54 Å². The van der Waals surface area contributed by atoms with E-state index in [4.69, 9.17) is 11.6 Å². The van der Waals surface area contributed by atoms with Crippen molar-refractivity contribution in [2.24, 2.45) is 0 Å². The fraction of sp³-hybridized carbons (Fsp3) is 0.250. The first-order valence-corrected chi connectivity index (χ1v) is 8.60. The second-order valence-electron chi connectivity index (χ2n) is 4.73. The van der Waals surface area contributed by atoms with Gasteiger partial charge in [0.15, 0.2) is 0 Å². The van der Waals surface area contributed by atoms with Crippen LogP contribution < -0.4 is 5.32 Å². The molecular weight excluding hydrogens is 420 g/mol. The van der Waals surface area contributed by atoms with Crippen LogP contribution in [0.2, 0.25) is 5.02 Å². The van der Waals surface area contributed by atoms with E-state index in [0.717, 1.165) is 33.0 Å². The topological polar surface area (TPSA) is 12.0 Å². The third-order valence-electron chi connectivity index (χ3n) is 3.21. The Labute approximate surface area is 146 Å². The van der Waals surface area contributed by atoms with Crippen LogP contribution in [-0.2, 0) is 6.42 Å². The predicted octanol–water partition coefficient (Wildman–Crippen LogP) is 5.90. The number of hydrogen-bond donors (Lipinski definition) is 1. The molecule has 21 heavy (non-hydrogen) atoms. The average Bonchev–Trinajstić information content (AvgIpc) is 2.45. The van der Waals surface area contributed by atoms with Gasteiger partial charge in [-0.25, -0.2) is 4.39 Å². The zero-order valence-corrected chi connectivity index (χ0v) is 15.4. The van der Waals surface area contributed by atoms with Crippen LogP contribution in [0.3, 0.4) is 0 Å². The normalized spacial score (nSPS) is 12.4. The molecule has 0 spiro atoms. The SMILES string of the molecule is CCNC(Cc1ccc(F)c(Cl)c1)c1cc(Br)ccc1Br. The van der Waals surface area contributed by atoms with Crippen LogP contribution in [0.5, 0.6) is 0 Å². The molecule has 5 heteroatoms. The Bertz CT molecular complexity index is 634. The van der Waals surface area contributed by atoms with Gasteiger partial charge in [0.25, 0.3) is 0 Å². The summed E-state index contributed by atoms with van der Waals surface area (Å²) in [7, 11) is 0. The molecule has 2 aromatic rings. The fourth-order valence-corrected chi connectivity index (χ4v) is 3.33. The van der Waals surface area contributed by atoms with Crippen molar-refractivity contribution in [2.75, 3.05) is 6.54 Å². The molecule has 0 saturated carbocycles. The molecule has 0 aliphatic carbocycles. The molecule has 0 heterocycles. The third-order valence-corrected chi connectivity index (χ3v) is 4.71. The predicted molar refractivity (Wildman–Crippen MR) is 93.4 cm³/mol. The van der Waals surface area contributed by atoms with Gasteiger partial charge in [-0.3, -0.25) is 0 Å². The van der Waals surface area contributed by atoms with Crippen molar-refractivity contribution in [1.82, 2.24) is 5.32 Å². The van der Waals surface area contributed by atoms with E-state index >= 15 is 0 Å². The quantitative estimate of drug-likeness (QED) is 0.617. The molecule has 1 nitrogen and oxygen atoms in total. The Morgan fingerprint density at radius 2 is 1.95 bits per heavy atom. The second-order valence-corrected chi connectivity index (χ2v) is 6.91. The average molecular weight is 436 g/mol. The highest BCUT2D eigenvalue weighted by Crippen LogP contribution is 2.30. The Morgan fingerprint density at radius 3 is 2.62 bits per heavy atom. The lowest BCUT2D eigenvalue weighted by Gasteiger charge is -2.20. The minimum atomic E-state index is -0.385. The number of nitrogens with one attached hydrogen (secondary N) is 1. The monoisotopic (exact) mass is 433 g/mol. The van der Waals surface area contributed by atoms with Crippen LogP contribution >= 0.6 is 43.5 Å². The van der Waals surface area contributed by atoms with Crippen molar-refractivity contribution in [3.05, 3.63) is 67.3 Å². The third kappa shape index (κ3) is 4.52. The lowest BCUT2D eigenvalue weighted by molar-refractivity contribution is 0.546. The maximum absolute atomic E-state index is 13.3. The summed E-state index contributed by atoms with van der Waals surface area (Å²) in [5, 5.41) is 3.62. The largest absolute Gasteiger partial charge is 0.310 e. The van der Waals surface area contributed by atoms with E-state index in [1.807, 2.05) is 12.1 Å². The van der Waals surface area contributed by atoms with Gasteiger partial charge in [0.05, 0.1) is 5.02 Å². The van der Waals surface area contributed by atoms with Crippen LogP contribution in [0.15, 0.2) is 45.3 Å². The minimum Gasteiger partial charge on any atom is -0.310 e. The van der Waals surface area contributed by atoms with Gasteiger partial charge in [-0.2, -0.15) is 0 Å². The lowest BCUT2D eigenvalue weighted by Crippen LogP contribution is -2.23. The molecule has 1 N–H and O–H groups in total. The zero-order chi connectivity index (χ0) is 15.4. The molecule has 1 atom stereocenters. The van der Waals surface area contributed by atoms with Crippen molar-refractivity contribution in [3.63, 3.8) is 0 Å². The molecule has 2 aromatic carbocycles. The maximum Gasteiger partial charge on any atom is 0.141 e. The summed E-state index contributed by atoms with van der Waals surface area (Å²) >= 11 is 13.0. The van der Waals surface area contributed by atoms with E-state index in [-0.39, 0.29) is 16.9 Å². The van der Waals surface area contributed by atoms with Crippen molar-refractivity contribution < 1.29 is 4.39 Å². The maximum atomic E-state index is 13.3. The molecule has 0 radical (unpaired) electrons. The Kier molecular flexibility index (Phi) is 6.23. The molecule has 0 aliphatic heterocycles. The van der Waals surface area contributed by atoms with Crippen molar-refractivity contribution in [2.45, 2.75) is 19.4 Å². The molecule has 2 rings (SSSR count). The second kappa shape index (κ2) is 7.73. The van der Waals surface area contributed by atoms with Gasteiger partial charge in [0, 0.05) is 15.0 Å². The van der Waals surface area contributed by atoms with Gasteiger partial charge in [-0.05, 0) is 54.4 Å². The highest BCUT2D eigenvalue weighted by atomic mass is 79.9. The first-order chi connectivity index (χ1) is 10.0. The Morgan fingerprint density at radius 1 is 1.19 bits per heavy atom. The minimum absolute atomic E-state index is 0.128. The molecular formula is C16H15Br2ClFN. The van der Waals surface area contributed by atoms with Crippen LogP contribution in [0.1, 0.15) is 24.1 Å². The molecule has 0 aromatic heterocycles. The summed E-state index contributed by atoms with van der Waals surface area (Å²) in [6.45, 7) is 2.91. The Hall–Kier alpha value is -0.420. The number of likely N-dealkylation sites (N-methyl/N-ethyl adjacent to an activating group) is 1. The molecule has 1 unspecified atom stereocenters. The van der Waals surface area contributed by atoms with E-state index in [1.54, 1.807) is 12.1 Å². The molecule has 0 bridgehead atoms. The lowest BCUT2D eigenvalue weighted by atomic mass is 9.99. The molecule has 112 valence electrons. The summed E-state index contributed by atoms with van der Waals surface area (Å²) in [4.78, 5) is 0. The highest BCUT2D eigenvalue weighted by molar-refractivity contribution is 9.11. The standard InChI is InChI=1S/C16H15Br2ClFN/c1-2-21-16(12-9-11(17)4-5-13(12)18)8-10-3-6-15(20)14(19)7-10/h3-7,9,16,21H,2,8H2,1H3. The number of rotatable bonds is 5. The van der Waals surface area contributed by atoms with Crippen LogP contribution in [0.4, 0.5) is 4.39 Å². The molecule has 0 fully saturated rings. The summed E-state index contributed by atoms with van der Waals surface area (Å²) in [6.07, 6.45) is 0.739. The molecule has 0 saturated heterocycles. The molecule has 0 amide bonds. The van der Waals surface area contributed by atoms with Gasteiger partial charge < -0.3 is 5.32 Å². The zero-order valence-electron chi connectivity index (χ0n) is 11.5. The summed E-state index contributed by atoms with van der Waals surface area (Å²) in [5.74, 6) is -0.385. The van der Waals surface area contributed by atoms with Crippen molar-refractivity contribution >= 4 is 43.5 Å². The fourth-order valence-electron chi connectivity index (χ4n) is 2.22. The number of hydrogen-bond acceptors (Lipinski definition) is 1. The van der Waals surface area contributed by atoms with Gasteiger partial charge in [-0.1, -0.05) is 56.5 Å². The number of halogens is 4. The van der Waals surface area contributed by atoms with Crippen molar-refractivity contribution in [3.8, 4) is 0 Å². The van der Waals surface area contributed by atoms with E-state index < -0.39 is 0 Å². The first-order valence-electron chi connectivity index (χ1n) is 6.63. The molecule has 0 aliphatic rings. The van der Waals surface area contributed by atoms with Gasteiger partial charge in [-0.15, -0.1) is 0 Å². The smallest absolute Gasteiger partial charge is 0.141 e. The number of benzene rings is 2. The van der Waals surface area contributed by atoms with E-state index in [0.29, 0.717) is 0 Å². The van der Waals surface area contributed by atoms with Crippen LogP contribution in [0.25, 0.3) is 0 Å². The summed E-state index contributed by atoms with van der Waals surface area (Å²) in [5.41, 5.74) is 2.16. The van der Waals surface area contributed by atoms with Crippen LogP contribution in [0, 0.1) is 5.82 Å². The first kappa shape index (κ1) is 16.9. The van der Waals surface area contributed by atoms with Gasteiger partial charge in [0.1, 0.15) is 5.82 Å². The van der Waals surface area contributed by atoms with Crippen molar-refractivity contribution in [1.29, 1.82) is 0 Å². The van der Waals surface area contributed by atoms with E-state index in [2.05, 4.69) is 50.2 Å². The summed E-state index contributed by atoms with van der Waals surface area (Å²) in [6, 6.07) is 11.1. The highest BCUT2D eigenvalue weighted by Gasteiger charge is 2.15. The summed E-state index contributed by atoms with van der Waals surface area (Å²) < 4.78 is 15.3. The van der Waals surface area contributed by atoms with Gasteiger partial charge >= 0.3 is 0 Å².